The molecule has 4 aromatic heterocycles. The molecule has 0 saturated carbocycles. The average Bonchev–Trinajstić information content (AvgIpc) is 3.40. The smallest absolute Gasteiger partial charge is 0.342 e. The van der Waals surface area contributed by atoms with E-state index in [0.717, 1.165) is 0 Å². The molecule has 0 aliphatic rings. The summed E-state index contributed by atoms with van der Waals surface area (Å²) in [6, 6.07) is 12.6. The highest BCUT2D eigenvalue weighted by atomic mass is 16.5. The van der Waals surface area contributed by atoms with Crippen LogP contribution in [-0.2, 0) is 18.4 Å². The zero-order chi connectivity index (χ0) is 21.5. The van der Waals surface area contributed by atoms with Crippen LogP contribution in [0.4, 0.5) is 0 Å². The fourth-order valence-electron chi connectivity index (χ4n) is 3.51. The van der Waals surface area contributed by atoms with E-state index in [4.69, 9.17) is 4.74 Å². The molecular formula is C21H17N7O3. The molecule has 5 rings (SSSR count). The van der Waals surface area contributed by atoms with E-state index in [-0.39, 0.29) is 12.2 Å². The Kier molecular flexibility index (Phi) is 4.32. The van der Waals surface area contributed by atoms with Crippen molar-refractivity contribution in [2.24, 2.45) is 7.05 Å². The van der Waals surface area contributed by atoms with Gasteiger partial charge in [0.25, 0.3) is 5.56 Å². The standard InChI is InChI=1S/C21H17N7O3/c1-13-15(11-23-28(13)17-9-5-6-10-22-17)20(30)31-12-18-24-25-21-26(2)19(29)14-7-3-4-8-16(14)27(18)21/h3-11H,12H2,1-2H3. The second kappa shape index (κ2) is 7.17. The third-order valence-corrected chi connectivity index (χ3v) is 5.12. The van der Waals surface area contributed by atoms with Crippen molar-refractivity contribution in [3.05, 3.63) is 82.3 Å². The number of pyridine rings is 1. The Morgan fingerprint density at radius 3 is 2.71 bits per heavy atom. The lowest BCUT2D eigenvalue weighted by atomic mass is 10.2. The summed E-state index contributed by atoms with van der Waals surface area (Å²) in [5.74, 6) is 0.847. The Bertz CT molecular complexity index is 1500. The van der Waals surface area contributed by atoms with Crippen molar-refractivity contribution in [3.8, 4) is 5.82 Å². The van der Waals surface area contributed by atoms with Crippen LogP contribution in [0.5, 0.6) is 0 Å². The molecule has 5 aromatic rings. The first-order chi connectivity index (χ1) is 15.1. The molecule has 0 N–H and O–H groups in total. The number of para-hydroxylation sites is 1. The van der Waals surface area contributed by atoms with Gasteiger partial charge in [0, 0.05) is 13.2 Å². The number of carbonyl (C=O) groups is 1. The molecule has 4 heterocycles. The van der Waals surface area contributed by atoms with Crippen molar-refractivity contribution < 1.29 is 9.53 Å². The molecule has 0 saturated heterocycles. The molecule has 0 aliphatic carbocycles. The number of rotatable bonds is 4. The predicted octanol–water partition coefficient (Wildman–Crippen LogP) is 1.83. The van der Waals surface area contributed by atoms with Crippen molar-refractivity contribution in [1.29, 1.82) is 0 Å². The lowest BCUT2D eigenvalue weighted by Crippen LogP contribution is -2.20. The van der Waals surface area contributed by atoms with Crippen molar-refractivity contribution in [2.45, 2.75) is 13.5 Å². The Morgan fingerprint density at radius 1 is 1.10 bits per heavy atom. The highest BCUT2D eigenvalue weighted by molar-refractivity contribution is 5.90. The van der Waals surface area contributed by atoms with Crippen LogP contribution >= 0.6 is 0 Å². The van der Waals surface area contributed by atoms with Crippen molar-refractivity contribution in [3.63, 3.8) is 0 Å². The Labute approximate surface area is 175 Å². The monoisotopic (exact) mass is 415 g/mol. The van der Waals surface area contributed by atoms with Gasteiger partial charge in [-0.25, -0.2) is 14.5 Å². The zero-order valence-corrected chi connectivity index (χ0v) is 16.8. The third-order valence-electron chi connectivity index (χ3n) is 5.12. The van der Waals surface area contributed by atoms with Gasteiger partial charge < -0.3 is 4.74 Å². The van der Waals surface area contributed by atoms with E-state index >= 15 is 0 Å². The number of hydrogen-bond acceptors (Lipinski definition) is 7. The van der Waals surface area contributed by atoms with E-state index in [2.05, 4.69) is 20.3 Å². The van der Waals surface area contributed by atoms with Crippen molar-refractivity contribution in [2.75, 3.05) is 0 Å². The number of aryl methyl sites for hydroxylation is 1. The molecule has 0 fully saturated rings. The fraction of sp³-hybridized carbons (Fsp3) is 0.143. The minimum atomic E-state index is -0.537. The summed E-state index contributed by atoms with van der Waals surface area (Å²) in [6.45, 7) is 1.66. The summed E-state index contributed by atoms with van der Waals surface area (Å²) in [6.07, 6.45) is 3.11. The average molecular weight is 415 g/mol. The van der Waals surface area contributed by atoms with Crippen LogP contribution in [0.25, 0.3) is 22.5 Å². The zero-order valence-electron chi connectivity index (χ0n) is 16.8. The number of benzene rings is 1. The topological polar surface area (TPSA) is 109 Å². The molecule has 0 spiro atoms. The van der Waals surface area contributed by atoms with E-state index in [9.17, 15) is 9.59 Å². The molecule has 0 aliphatic heterocycles. The second-order valence-electron chi connectivity index (χ2n) is 6.95. The first-order valence-electron chi connectivity index (χ1n) is 9.51. The summed E-state index contributed by atoms with van der Waals surface area (Å²) in [5.41, 5.74) is 1.42. The van der Waals surface area contributed by atoms with Gasteiger partial charge in [0.05, 0.1) is 22.8 Å². The van der Waals surface area contributed by atoms with E-state index in [0.29, 0.717) is 39.6 Å². The number of hydrogen-bond donors (Lipinski definition) is 0. The van der Waals surface area contributed by atoms with Crippen LogP contribution in [0.1, 0.15) is 21.9 Å². The number of ether oxygens (including phenoxy) is 1. The number of fused-ring (bicyclic) bond motifs is 3. The number of esters is 1. The van der Waals surface area contributed by atoms with Crippen LogP contribution in [0, 0.1) is 6.92 Å². The van der Waals surface area contributed by atoms with Crippen LogP contribution in [0.15, 0.2) is 59.7 Å². The maximum Gasteiger partial charge on any atom is 0.342 e. The third kappa shape index (κ3) is 2.96. The first kappa shape index (κ1) is 18.7. The Hall–Kier alpha value is -4.34. The largest absolute Gasteiger partial charge is 0.454 e. The van der Waals surface area contributed by atoms with Crippen molar-refractivity contribution >= 4 is 22.6 Å². The highest BCUT2D eigenvalue weighted by Gasteiger charge is 2.19. The Morgan fingerprint density at radius 2 is 1.90 bits per heavy atom. The summed E-state index contributed by atoms with van der Waals surface area (Å²) in [4.78, 5) is 29.5. The molecule has 154 valence electrons. The van der Waals surface area contributed by atoms with Crippen LogP contribution in [0.2, 0.25) is 0 Å². The minimum absolute atomic E-state index is 0.115. The highest BCUT2D eigenvalue weighted by Crippen LogP contribution is 2.16. The molecule has 0 amide bonds. The van der Waals surface area contributed by atoms with Gasteiger partial charge in [0.15, 0.2) is 18.2 Å². The van der Waals surface area contributed by atoms with Gasteiger partial charge in [0.2, 0.25) is 5.78 Å². The van der Waals surface area contributed by atoms with Gasteiger partial charge in [-0.1, -0.05) is 18.2 Å². The molecule has 31 heavy (non-hydrogen) atoms. The normalized spacial score (nSPS) is 11.3. The van der Waals surface area contributed by atoms with E-state index in [1.807, 2.05) is 12.1 Å². The van der Waals surface area contributed by atoms with E-state index < -0.39 is 5.97 Å². The van der Waals surface area contributed by atoms with Gasteiger partial charge in [-0.2, -0.15) is 5.10 Å². The van der Waals surface area contributed by atoms with Gasteiger partial charge in [-0.15, -0.1) is 10.2 Å². The van der Waals surface area contributed by atoms with Crippen molar-refractivity contribution in [1.82, 2.24) is 33.9 Å². The second-order valence-corrected chi connectivity index (χ2v) is 6.95. The number of aromatic nitrogens is 7. The molecule has 0 radical (unpaired) electrons. The molecular weight excluding hydrogens is 398 g/mol. The van der Waals surface area contributed by atoms with Crippen LogP contribution in [-0.4, -0.2) is 39.9 Å². The lowest BCUT2D eigenvalue weighted by molar-refractivity contribution is 0.0460. The maximum atomic E-state index is 12.7. The lowest BCUT2D eigenvalue weighted by Gasteiger charge is -2.08. The molecule has 0 bridgehead atoms. The summed E-state index contributed by atoms with van der Waals surface area (Å²) in [7, 11) is 1.63. The number of carbonyl (C=O) groups excluding carboxylic acids is 1. The fourth-order valence-corrected chi connectivity index (χ4v) is 3.51. The molecule has 0 unspecified atom stereocenters. The van der Waals surface area contributed by atoms with Gasteiger partial charge in [-0.3, -0.25) is 13.8 Å². The number of nitrogens with zero attached hydrogens (tertiary/aromatic N) is 7. The molecule has 1 aromatic carbocycles. The quantitative estimate of drug-likeness (QED) is 0.412. The maximum absolute atomic E-state index is 12.7. The van der Waals surface area contributed by atoms with E-state index in [1.165, 1.54) is 10.8 Å². The first-order valence-corrected chi connectivity index (χ1v) is 9.51. The molecule has 10 heteroatoms. The SMILES string of the molecule is Cc1c(C(=O)OCc2nnc3n(C)c(=O)c4ccccc4n23)cnn1-c1ccccn1. The van der Waals surface area contributed by atoms with Crippen LogP contribution < -0.4 is 5.56 Å². The van der Waals surface area contributed by atoms with E-state index in [1.54, 1.807) is 59.6 Å². The predicted molar refractivity (Wildman–Crippen MR) is 111 cm³/mol. The van der Waals surface area contributed by atoms with Gasteiger partial charge in [0.1, 0.15) is 5.56 Å². The van der Waals surface area contributed by atoms with Crippen LogP contribution in [0.3, 0.4) is 0 Å². The summed E-state index contributed by atoms with van der Waals surface area (Å²) >= 11 is 0. The minimum Gasteiger partial charge on any atom is -0.454 e. The molecule has 0 atom stereocenters. The summed E-state index contributed by atoms with van der Waals surface area (Å²) in [5, 5.41) is 13.0. The summed E-state index contributed by atoms with van der Waals surface area (Å²) < 4.78 is 10.2. The van der Waals surface area contributed by atoms with Gasteiger partial charge >= 0.3 is 5.97 Å². The molecule has 10 nitrogen and oxygen atoms in total. The Balaban J connectivity index is 1.47. The van der Waals surface area contributed by atoms with Gasteiger partial charge in [-0.05, 0) is 31.2 Å².